The molecule has 0 fully saturated rings. The van der Waals surface area contributed by atoms with Crippen molar-refractivity contribution in [2.75, 3.05) is 26.7 Å². The van der Waals surface area contributed by atoms with E-state index < -0.39 is 0 Å². The van der Waals surface area contributed by atoms with E-state index in [1.807, 2.05) is 48.5 Å². The van der Waals surface area contributed by atoms with Crippen LogP contribution in [-0.4, -0.2) is 43.5 Å². The summed E-state index contributed by atoms with van der Waals surface area (Å²) in [7, 11) is 1.63. The van der Waals surface area contributed by atoms with Crippen LogP contribution in [0.4, 0.5) is 0 Å². The maximum absolute atomic E-state index is 12.2. The first-order valence-electron chi connectivity index (χ1n) is 8.88. The molecule has 2 aromatic rings. The average molecular weight is 389 g/mol. The zero-order valence-corrected chi connectivity index (χ0v) is 16.5. The molecule has 0 aliphatic rings. The van der Waals surface area contributed by atoms with Gasteiger partial charge in [0.05, 0.1) is 13.7 Å². The van der Waals surface area contributed by atoms with E-state index in [-0.39, 0.29) is 18.4 Å². The Labute approximate surface area is 165 Å². The highest BCUT2D eigenvalue weighted by molar-refractivity contribution is 6.30. The van der Waals surface area contributed by atoms with Crippen LogP contribution < -0.4 is 10.1 Å². The number of amides is 2. The Bertz CT molecular complexity index is 762. The van der Waals surface area contributed by atoms with E-state index in [9.17, 15) is 9.59 Å². The van der Waals surface area contributed by atoms with E-state index >= 15 is 0 Å². The predicted molar refractivity (Wildman–Crippen MR) is 107 cm³/mol. The number of benzene rings is 2. The van der Waals surface area contributed by atoms with Crippen LogP contribution in [0.15, 0.2) is 48.5 Å². The van der Waals surface area contributed by atoms with Gasteiger partial charge in [-0.15, -0.1) is 0 Å². The smallest absolute Gasteiger partial charge is 0.239 e. The lowest BCUT2D eigenvalue weighted by Gasteiger charge is -2.20. The number of carbonyl (C=O) groups excluding carboxylic acids is 2. The fourth-order valence-electron chi connectivity index (χ4n) is 2.74. The fourth-order valence-corrected chi connectivity index (χ4v) is 2.86. The summed E-state index contributed by atoms with van der Waals surface area (Å²) in [4.78, 5) is 25.6. The third kappa shape index (κ3) is 6.94. The monoisotopic (exact) mass is 388 g/mol. The topological polar surface area (TPSA) is 58.6 Å². The molecule has 0 spiro atoms. The summed E-state index contributed by atoms with van der Waals surface area (Å²) in [5.74, 6) is 0.514. The summed E-state index contributed by atoms with van der Waals surface area (Å²) < 4.78 is 5.31. The second kappa shape index (κ2) is 10.6. The van der Waals surface area contributed by atoms with Crippen LogP contribution in [0.5, 0.6) is 5.75 Å². The first-order valence-corrected chi connectivity index (χ1v) is 9.26. The number of nitrogens with zero attached hydrogens (tertiary/aromatic N) is 1. The van der Waals surface area contributed by atoms with Gasteiger partial charge < -0.3 is 15.0 Å². The van der Waals surface area contributed by atoms with Crippen molar-refractivity contribution >= 4 is 23.4 Å². The van der Waals surface area contributed by atoms with Gasteiger partial charge >= 0.3 is 0 Å². The van der Waals surface area contributed by atoms with Crippen LogP contribution in [0.3, 0.4) is 0 Å². The molecule has 144 valence electrons. The van der Waals surface area contributed by atoms with Gasteiger partial charge in [0.25, 0.3) is 0 Å². The lowest BCUT2D eigenvalue weighted by Crippen LogP contribution is -2.41. The van der Waals surface area contributed by atoms with Crippen molar-refractivity contribution in [1.29, 1.82) is 0 Å². The first-order chi connectivity index (χ1) is 13.0. The normalized spacial score (nSPS) is 10.3. The minimum Gasteiger partial charge on any atom is -0.496 e. The zero-order chi connectivity index (χ0) is 19.6. The number of hydrogen-bond donors (Lipinski definition) is 1. The van der Waals surface area contributed by atoms with Crippen LogP contribution in [0.25, 0.3) is 0 Å². The molecule has 0 atom stereocenters. The Morgan fingerprint density at radius 1 is 1.07 bits per heavy atom. The molecule has 6 heteroatoms. The molecule has 2 aromatic carbocycles. The number of ether oxygens (including phenoxy) is 1. The molecular weight excluding hydrogens is 364 g/mol. The largest absolute Gasteiger partial charge is 0.496 e. The minimum atomic E-state index is -0.170. The summed E-state index contributed by atoms with van der Waals surface area (Å²) in [6, 6.07) is 15.2. The maximum atomic E-state index is 12.2. The molecule has 2 amide bonds. The van der Waals surface area contributed by atoms with Crippen LogP contribution in [-0.2, 0) is 22.4 Å². The van der Waals surface area contributed by atoms with Gasteiger partial charge in [0.1, 0.15) is 5.75 Å². The van der Waals surface area contributed by atoms with Crippen LogP contribution in [0, 0.1) is 0 Å². The molecular formula is C21H25ClN2O3. The van der Waals surface area contributed by atoms with Gasteiger partial charge in [0, 0.05) is 25.0 Å². The highest BCUT2D eigenvalue weighted by Gasteiger charge is 2.13. The van der Waals surface area contributed by atoms with Crippen LogP contribution >= 0.6 is 11.6 Å². The highest BCUT2D eigenvalue weighted by Crippen LogP contribution is 2.17. The van der Waals surface area contributed by atoms with E-state index in [0.717, 1.165) is 16.9 Å². The molecule has 1 N–H and O–H groups in total. The Balaban J connectivity index is 1.80. The molecule has 27 heavy (non-hydrogen) atoms. The predicted octanol–water partition coefficient (Wildman–Crippen LogP) is 3.10. The number of hydrogen-bond acceptors (Lipinski definition) is 3. The van der Waals surface area contributed by atoms with Crippen molar-refractivity contribution in [3.63, 3.8) is 0 Å². The average Bonchev–Trinajstić information content (AvgIpc) is 2.66. The molecule has 0 radical (unpaired) electrons. The molecule has 2 rings (SSSR count). The SMILES string of the molecule is COc1ccccc1CCNC(=O)CN(CCc1ccc(Cl)cc1)C(C)=O. The van der Waals surface area contributed by atoms with Gasteiger partial charge in [-0.25, -0.2) is 0 Å². The molecule has 0 unspecified atom stereocenters. The molecule has 0 saturated carbocycles. The van der Waals surface area contributed by atoms with Crippen molar-refractivity contribution in [2.24, 2.45) is 0 Å². The van der Waals surface area contributed by atoms with E-state index in [2.05, 4.69) is 5.32 Å². The van der Waals surface area contributed by atoms with E-state index in [1.54, 1.807) is 12.0 Å². The first kappa shape index (κ1) is 20.8. The number of rotatable bonds is 9. The van der Waals surface area contributed by atoms with Crippen LogP contribution in [0.2, 0.25) is 5.02 Å². The van der Waals surface area contributed by atoms with Crippen LogP contribution in [0.1, 0.15) is 18.1 Å². The Morgan fingerprint density at radius 2 is 1.78 bits per heavy atom. The number of methoxy groups -OCH3 is 1. The van der Waals surface area contributed by atoms with Crippen molar-refractivity contribution < 1.29 is 14.3 Å². The summed E-state index contributed by atoms with van der Waals surface area (Å²) >= 11 is 5.88. The number of halogens is 1. The Kier molecular flexibility index (Phi) is 8.14. The van der Waals surface area contributed by atoms with Crippen molar-refractivity contribution in [1.82, 2.24) is 10.2 Å². The Morgan fingerprint density at radius 3 is 2.44 bits per heavy atom. The fraction of sp³-hybridized carbons (Fsp3) is 0.333. The molecule has 0 aliphatic heterocycles. The molecule has 0 heterocycles. The number of nitrogens with one attached hydrogen (secondary N) is 1. The summed E-state index contributed by atoms with van der Waals surface area (Å²) in [5.41, 5.74) is 2.11. The van der Waals surface area contributed by atoms with E-state index in [4.69, 9.17) is 16.3 Å². The molecule has 0 saturated heterocycles. The molecule has 0 bridgehead atoms. The van der Waals surface area contributed by atoms with Gasteiger partial charge in [-0.2, -0.15) is 0 Å². The van der Waals surface area contributed by atoms with E-state index in [0.29, 0.717) is 31.0 Å². The second-order valence-electron chi connectivity index (χ2n) is 6.23. The second-order valence-corrected chi connectivity index (χ2v) is 6.67. The lowest BCUT2D eigenvalue weighted by atomic mass is 10.1. The van der Waals surface area contributed by atoms with Gasteiger partial charge in [-0.1, -0.05) is 41.9 Å². The maximum Gasteiger partial charge on any atom is 0.239 e. The van der Waals surface area contributed by atoms with Crippen molar-refractivity contribution in [3.8, 4) is 5.75 Å². The summed E-state index contributed by atoms with van der Waals surface area (Å²) in [5, 5.41) is 3.55. The quantitative estimate of drug-likeness (QED) is 0.718. The minimum absolute atomic E-state index is 0.0504. The van der Waals surface area contributed by atoms with Crippen molar-refractivity contribution in [2.45, 2.75) is 19.8 Å². The third-order valence-electron chi connectivity index (χ3n) is 4.27. The van der Waals surface area contributed by atoms with Gasteiger partial charge in [0.2, 0.25) is 11.8 Å². The van der Waals surface area contributed by atoms with Crippen molar-refractivity contribution in [3.05, 3.63) is 64.7 Å². The Hall–Kier alpha value is -2.53. The number of para-hydroxylation sites is 1. The zero-order valence-electron chi connectivity index (χ0n) is 15.7. The molecule has 5 nitrogen and oxygen atoms in total. The number of carbonyl (C=O) groups is 2. The highest BCUT2D eigenvalue weighted by atomic mass is 35.5. The van der Waals surface area contributed by atoms with Gasteiger partial charge in [-0.05, 0) is 42.2 Å². The molecule has 0 aliphatic carbocycles. The van der Waals surface area contributed by atoms with Gasteiger partial charge in [0.15, 0.2) is 0 Å². The lowest BCUT2D eigenvalue weighted by molar-refractivity contribution is -0.134. The standard InChI is InChI=1S/C21H25ClN2O3/c1-16(25)24(14-12-17-7-9-19(22)10-8-17)15-21(26)23-13-11-18-5-3-4-6-20(18)27-2/h3-10H,11-15H2,1-2H3,(H,23,26). The third-order valence-corrected chi connectivity index (χ3v) is 4.52. The van der Waals surface area contributed by atoms with Gasteiger partial charge in [-0.3, -0.25) is 9.59 Å². The molecule has 0 aromatic heterocycles. The summed E-state index contributed by atoms with van der Waals surface area (Å²) in [6.45, 7) is 2.50. The summed E-state index contributed by atoms with van der Waals surface area (Å²) in [6.07, 6.45) is 1.34. The van der Waals surface area contributed by atoms with E-state index in [1.165, 1.54) is 6.92 Å².